The first-order valence-electron chi connectivity index (χ1n) is 9.01. The summed E-state index contributed by atoms with van der Waals surface area (Å²) in [6.07, 6.45) is 1.79. The quantitative estimate of drug-likeness (QED) is 0.523. The lowest BCUT2D eigenvalue weighted by atomic mass is 9.95. The van der Waals surface area contributed by atoms with Crippen LogP contribution < -0.4 is 10.9 Å². The van der Waals surface area contributed by atoms with Gasteiger partial charge in [-0.15, -0.1) is 0 Å². The summed E-state index contributed by atoms with van der Waals surface area (Å²) < 4.78 is 51.7. The van der Waals surface area contributed by atoms with Crippen LogP contribution in [0.2, 0.25) is 0 Å². The van der Waals surface area contributed by atoms with Gasteiger partial charge in [0.1, 0.15) is 17.3 Å². The highest BCUT2D eigenvalue weighted by atomic mass is 32.2. The number of carbonyl (C=O) groups is 1. The summed E-state index contributed by atoms with van der Waals surface area (Å²) in [7, 11) is 0. The summed E-state index contributed by atoms with van der Waals surface area (Å²) >= 11 is -0.532. The summed E-state index contributed by atoms with van der Waals surface area (Å²) in [5.41, 5.74) is -4.76. The number of H-pyrrole nitrogens is 1. The number of benzene rings is 1. The van der Waals surface area contributed by atoms with Crippen molar-refractivity contribution in [2.45, 2.75) is 49.1 Å². The fourth-order valence-corrected chi connectivity index (χ4v) is 3.45. The van der Waals surface area contributed by atoms with Gasteiger partial charge in [0.2, 0.25) is 0 Å². The van der Waals surface area contributed by atoms with Gasteiger partial charge in [-0.2, -0.15) is 13.2 Å². The number of alkyl halides is 3. The molecule has 29 heavy (non-hydrogen) atoms. The van der Waals surface area contributed by atoms with Crippen molar-refractivity contribution < 1.29 is 22.4 Å². The Morgan fingerprint density at radius 3 is 2.52 bits per heavy atom. The van der Waals surface area contributed by atoms with E-state index in [0.717, 1.165) is 31.0 Å². The van der Waals surface area contributed by atoms with Crippen molar-refractivity contribution in [2.75, 3.05) is 0 Å². The molecular formula is C19H19F4N3O2S. The van der Waals surface area contributed by atoms with Crippen molar-refractivity contribution in [3.63, 3.8) is 0 Å². The molecule has 1 aliphatic rings. The molecule has 3 rings (SSSR count). The van der Waals surface area contributed by atoms with Gasteiger partial charge in [-0.25, -0.2) is 9.37 Å². The van der Waals surface area contributed by atoms with Crippen LogP contribution in [0.25, 0.3) is 0 Å². The number of aromatic amines is 1. The van der Waals surface area contributed by atoms with Gasteiger partial charge in [0.05, 0.1) is 10.9 Å². The lowest BCUT2D eigenvalue weighted by molar-refractivity contribution is -0.0329. The molecule has 1 unspecified atom stereocenters. The average Bonchev–Trinajstić information content (AvgIpc) is 3.44. The van der Waals surface area contributed by atoms with E-state index in [1.165, 1.54) is 6.07 Å². The van der Waals surface area contributed by atoms with Crippen LogP contribution >= 0.6 is 11.8 Å². The third-order valence-corrected chi connectivity index (χ3v) is 5.23. The summed E-state index contributed by atoms with van der Waals surface area (Å²) in [6, 6.07) is 3.79. The Hall–Kier alpha value is -2.36. The normalized spacial score (nSPS) is 15.4. The van der Waals surface area contributed by atoms with E-state index >= 15 is 0 Å². The second-order valence-electron chi connectivity index (χ2n) is 7.22. The lowest BCUT2D eigenvalue weighted by Crippen LogP contribution is -2.33. The molecule has 0 aliphatic heterocycles. The van der Waals surface area contributed by atoms with E-state index in [1.807, 2.05) is 0 Å². The molecule has 0 saturated heterocycles. The Bertz CT molecular complexity index is 971. The number of nitrogens with one attached hydrogen (secondary N) is 2. The highest BCUT2D eigenvalue weighted by Gasteiger charge is 2.31. The number of hydrogen-bond acceptors (Lipinski definition) is 4. The van der Waals surface area contributed by atoms with E-state index in [2.05, 4.69) is 15.3 Å². The summed E-state index contributed by atoms with van der Waals surface area (Å²) in [5.74, 6) is -1.21. The predicted molar refractivity (Wildman–Crippen MR) is 100 cm³/mol. The molecule has 1 amide bonds. The molecule has 10 heteroatoms. The molecule has 5 nitrogen and oxygen atoms in total. The van der Waals surface area contributed by atoms with Crippen molar-refractivity contribution >= 4 is 17.7 Å². The number of aromatic nitrogens is 2. The highest BCUT2D eigenvalue weighted by molar-refractivity contribution is 8.00. The molecule has 2 N–H and O–H groups in total. The minimum atomic E-state index is -4.60. The first kappa shape index (κ1) is 21.4. The fraction of sp³-hybridized carbons (Fsp3) is 0.421. The second kappa shape index (κ2) is 8.17. The van der Waals surface area contributed by atoms with Crippen LogP contribution in [0.5, 0.6) is 0 Å². The van der Waals surface area contributed by atoms with Crippen LogP contribution in [0.15, 0.2) is 34.0 Å². The first-order valence-corrected chi connectivity index (χ1v) is 9.82. The Morgan fingerprint density at radius 2 is 1.97 bits per heavy atom. The largest absolute Gasteiger partial charge is 0.446 e. The Morgan fingerprint density at radius 1 is 1.28 bits per heavy atom. The molecule has 156 valence electrons. The molecule has 1 aliphatic carbocycles. The van der Waals surface area contributed by atoms with Crippen molar-refractivity contribution in [3.8, 4) is 0 Å². The number of amides is 1. The van der Waals surface area contributed by atoms with Gasteiger partial charge in [0.25, 0.3) is 11.5 Å². The summed E-state index contributed by atoms with van der Waals surface area (Å²) in [4.78, 5) is 30.7. The topological polar surface area (TPSA) is 74.8 Å². The standard InChI is InChI=1S/C19H19F4N3O2S/c1-9(2)16(11-5-6-14(12(20)7-11)29-19(21,22)23)26-18(28)13-8-15(27)25-17(24-13)10-3-4-10/h5-10,16H,3-4H2,1-2H3,(H,26,28)(H,24,25,27). The highest BCUT2D eigenvalue weighted by Crippen LogP contribution is 2.39. The Kier molecular flexibility index (Phi) is 6.02. The number of thioether (sulfide) groups is 1. The molecular weight excluding hydrogens is 410 g/mol. The molecule has 1 heterocycles. The molecule has 1 aromatic carbocycles. The maximum Gasteiger partial charge on any atom is 0.446 e. The van der Waals surface area contributed by atoms with Crippen LogP contribution in [0, 0.1) is 11.7 Å². The monoisotopic (exact) mass is 429 g/mol. The third kappa shape index (κ3) is 5.59. The zero-order valence-electron chi connectivity index (χ0n) is 15.6. The third-order valence-electron chi connectivity index (χ3n) is 4.45. The van der Waals surface area contributed by atoms with Crippen LogP contribution in [0.4, 0.5) is 17.6 Å². The molecule has 0 radical (unpaired) electrons. The van der Waals surface area contributed by atoms with Crippen molar-refractivity contribution in [2.24, 2.45) is 5.92 Å². The summed E-state index contributed by atoms with van der Waals surface area (Å²) in [5, 5.41) is 2.71. The Balaban J connectivity index is 1.83. The molecule has 2 aromatic rings. The van der Waals surface area contributed by atoms with E-state index in [1.54, 1.807) is 13.8 Å². The van der Waals surface area contributed by atoms with E-state index in [9.17, 15) is 27.2 Å². The van der Waals surface area contributed by atoms with Crippen LogP contribution in [-0.4, -0.2) is 21.4 Å². The molecule has 1 fully saturated rings. The fourth-order valence-electron chi connectivity index (χ4n) is 2.91. The number of hydrogen-bond donors (Lipinski definition) is 2. The van der Waals surface area contributed by atoms with Gasteiger partial charge in [-0.1, -0.05) is 19.9 Å². The van der Waals surface area contributed by atoms with Gasteiger partial charge in [0.15, 0.2) is 0 Å². The Labute approximate surface area is 168 Å². The zero-order chi connectivity index (χ0) is 21.3. The molecule has 1 atom stereocenters. The van der Waals surface area contributed by atoms with Gasteiger partial charge >= 0.3 is 5.51 Å². The van der Waals surface area contributed by atoms with Gasteiger partial charge in [-0.3, -0.25) is 9.59 Å². The predicted octanol–water partition coefficient (Wildman–Crippen LogP) is 4.53. The number of halogens is 4. The van der Waals surface area contributed by atoms with E-state index < -0.39 is 45.5 Å². The van der Waals surface area contributed by atoms with E-state index in [4.69, 9.17) is 0 Å². The van der Waals surface area contributed by atoms with Crippen LogP contribution in [-0.2, 0) is 0 Å². The van der Waals surface area contributed by atoms with Crippen LogP contribution in [0.3, 0.4) is 0 Å². The second-order valence-corrected chi connectivity index (χ2v) is 8.33. The molecule has 1 aromatic heterocycles. The zero-order valence-corrected chi connectivity index (χ0v) is 16.5. The maximum atomic E-state index is 14.2. The van der Waals surface area contributed by atoms with E-state index in [0.29, 0.717) is 11.4 Å². The van der Waals surface area contributed by atoms with Gasteiger partial charge in [-0.05, 0) is 48.2 Å². The molecule has 0 bridgehead atoms. The van der Waals surface area contributed by atoms with Crippen molar-refractivity contribution in [1.82, 2.24) is 15.3 Å². The van der Waals surface area contributed by atoms with E-state index in [-0.39, 0.29) is 17.5 Å². The lowest BCUT2D eigenvalue weighted by Gasteiger charge is -2.23. The summed E-state index contributed by atoms with van der Waals surface area (Å²) in [6.45, 7) is 3.56. The maximum absolute atomic E-state index is 14.2. The number of nitrogens with zero attached hydrogens (tertiary/aromatic N) is 1. The molecule has 1 saturated carbocycles. The number of carbonyl (C=O) groups excluding carboxylic acids is 1. The minimum absolute atomic E-state index is 0.0500. The van der Waals surface area contributed by atoms with Crippen molar-refractivity contribution in [3.05, 3.63) is 57.5 Å². The number of rotatable bonds is 6. The van der Waals surface area contributed by atoms with Gasteiger partial charge in [0, 0.05) is 12.0 Å². The molecule has 0 spiro atoms. The first-order chi connectivity index (χ1) is 13.5. The van der Waals surface area contributed by atoms with Crippen molar-refractivity contribution in [1.29, 1.82) is 0 Å². The average molecular weight is 429 g/mol. The SMILES string of the molecule is CC(C)C(NC(=O)c1cc(=O)[nH]c(C2CC2)n1)c1ccc(SC(F)(F)F)c(F)c1. The van der Waals surface area contributed by atoms with Crippen LogP contribution in [0.1, 0.15) is 60.5 Å². The van der Waals surface area contributed by atoms with Gasteiger partial charge < -0.3 is 10.3 Å². The smallest absolute Gasteiger partial charge is 0.344 e. The minimum Gasteiger partial charge on any atom is -0.344 e.